The van der Waals surface area contributed by atoms with E-state index in [1.54, 1.807) is 10.4 Å². The molecular weight excluding hydrogens is 392 g/mol. The molecule has 0 radical (unpaired) electrons. The molecular formula is C25H32N2O4. The Morgan fingerprint density at radius 3 is 2.55 bits per heavy atom. The van der Waals surface area contributed by atoms with Crippen LogP contribution in [-0.2, 0) is 21.6 Å². The maximum absolute atomic E-state index is 13.5. The zero-order valence-corrected chi connectivity index (χ0v) is 18.7. The van der Waals surface area contributed by atoms with Gasteiger partial charge in [-0.2, -0.15) is 0 Å². The van der Waals surface area contributed by atoms with E-state index >= 15 is 0 Å². The van der Waals surface area contributed by atoms with Gasteiger partial charge in [0.2, 0.25) is 5.91 Å². The van der Waals surface area contributed by atoms with Crippen molar-refractivity contribution in [1.82, 2.24) is 10.4 Å². The van der Waals surface area contributed by atoms with E-state index in [1.807, 2.05) is 76.2 Å². The summed E-state index contributed by atoms with van der Waals surface area (Å²) in [6, 6.07) is 15.1. The van der Waals surface area contributed by atoms with Gasteiger partial charge < -0.3 is 9.64 Å². The predicted octanol–water partition coefficient (Wildman–Crippen LogP) is 3.98. The second-order valence-corrected chi connectivity index (χ2v) is 8.95. The monoisotopic (exact) mass is 424 g/mol. The largest absolute Gasteiger partial charge is 0.489 e. The van der Waals surface area contributed by atoms with E-state index in [9.17, 15) is 9.59 Å². The minimum atomic E-state index is -0.715. The van der Waals surface area contributed by atoms with Crippen LogP contribution in [0, 0.1) is 12.8 Å². The van der Waals surface area contributed by atoms with Crippen LogP contribution in [0.2, 0.25) is 0 Å². The Labute approximate surface area is 184 Å². The molecule has 166 valence electrons. The number of ether oxygens (including phenoxy) is 1. The number of carbonyl (C=O) groups excluding carboxylic acids is 2. The molecule has 2 N–H and O–H groups in total. The van der Waals surface area contributed by atoms with Crippen molar-refractivity contribution in [1.29, 1.82) is 0 Å². The predicted molar refractivity (Wildman–Crippen MR) is 119 cm³/mol. The number of rotatable bonds is 8. The number of benzene rings is 2. The van der Waals surface area contributed by atoms with Crippen LogP contribution >= 0.6 is 0 Å². The van der Waals surface area contributed by atoms with Crippen LogP contribution in [0.5, 0.6) is 5.75 Å². The Bertz CT molecular complexity index is 928. The van der Waals surface area contributed by atoms with Crippen molar-refractivity contribution in [3.05, 3.63) is 65.2 Å². The van der Waals surface area contributed by atoms with Crippen molar-refractivity contribution in [3.63, 3.8) is 0 Å². The lowest BCUT2D eigenvalue weighted by Gasteiger charge is -2.30. The van der Waals surface area contributed by atoms with E-state index in [-0.39, 0.29) is 11.8 Å². The van der Waals surface area contributed by atoms with Crippen LogP contribution in [-0.4, -0.2) is 34.5 Å². The third-order valence-electron chi connectivity index (χ3n) is 6.11. The minimum Gasteiger partial charge on any atom is -0.489 e. The summed E-state index contributed by atoms with van der Waals surface area (Å²) in [5.41, 5.74) is 4.04. The van der Waals surface area contributed by atoms with Gasteiger partial charge in [0.1, 0.15) is 18.4 Å². The number of amides is 2. The molecule has 31 heavy (non-hydrogen) atoms. The minimum absolute atomic E-state index is 0.0807. The first-order valence-corrected chi connectivity index (χ1v) is 10.8. The highest BCUT2D eigenvalue weighted by Crippen LogP contribution is 2.39. The molecule has 2 atom stereocenters. The second-order valence-electron chi connectivity index (χ2n) is 8.95. The number of hydrogen-bond acceptors (Lipinski definition) is 4. The Morgan fingerprint density at radius 1 is 1.23 bits per heavy atom. The Morgan fingerprint density at radius 2 is 1.94 bits per heavy atom. The molecule has 6 heteroatoms. The third-order valence-corrected chi connectivity index (χ3v) is 6.11. The lowest BCUT2D eigenvalue weighted by molar-refractivity contribution is -0.144. The van der Waals surface area contributed by atoms with Crippen LogP contribution in [0.15, 0.2) is 48.5 Å². The van der Waals surface area contributed by atoms with Crippen molar-refractivity contribution in [2.45, 2.75) is 58.6 Å². The number of carbonyl (C=O) groups is 2. The average Bonchev–Trinajstić information content (AvgIpc) is 3.05. The van der Waals surface area contributed by atoms with Gasteiger partial charge in [0.05, 0.1) is 5.41 Å². The molecule has 0 spiro atoms. The van der Waals surface area contributed by atoms with Gasteiger partial charge >= 0.3 is 0 Å². The fourth-order valence-electron chi connectivity index (χ4n) is 4.40. The van der Waals surface area contributed by atoms with Crippen LogP contribution in [0.25, 0.3) is 0 Å². The fourth-order valence-corrected chi connectivity index (χ4v) is 4.40. The maximum atomic E-state index is 13.5. The van der Waals surface area contributed by atoms with Crippen molar-refractivity contribution in [2.75, 3.05) is 6.54 Å². The summed E-state index contributed by atoms with van der Waals surface area (Å²) in [5.74, 6) is 0.355. The summed E-state index contributed by atoms with van der Waals surface area (Å²) in [5, 5.41) is 9.17. The molecule has 0 aliphatic carbocycles. The zero-order valence-electron chi connectivity index (χ0n) is 18.7. The Balaban J connectivity index is 1.78. The van der Waals surface area contributed by atoms with Gasteiger partial charge in [-0.25, -0.2) is 5.48 Å². The summed E-state index contributed by atoms with van der Waals surface area (Å²) in [6.07, 6.45) is 1.11. The number of hydroxylamine groups is 1. The molecule has 2 unspecified atom stereocenters. The summed E-state index contributed by atoms with van der Waals surface area (Å²) in [7, 11) is 0. The van der Waals surface area contributed by atoms with Crippen LogP contribution in [0.4, 0.5) is 0 Å². The average molecular weight is 425 g/mol. The Kier molecular flexibility index (Phi) is 7.01. The van der Waals surface area contributed by atoms with Gasteiger partial charge in [-0.05, 0) is 61.4 Å². The first kappa shape index (κ1) is 22.8. The van der Waals surface area contributed by atoms with E-state index < -0.39 is 17.4 Å². The third kappa shape index (κ3) is 4.90. The molecule has 3 rings (SSSR count). The standard InChI is InChI=1S/C25H32N2O4/c1-17(2)14-22(23(28)26-30)27-13-12-25(4,24(27)29)21-11-10-20(15-18(21)3)31-16-19-8-6-5-7-9-19/h5-11,15,17,22,30H,12-14,16H2,1-4H3,(H,26,28). The SMILES string of the molecule is Cc1cc(OCc2ccccc2)ccc1C1(C)CCN(C(CC(C)C)C(=O)NO)C1=O. The van der Waals surface area contributed by atoms with E-state index in [0.717, 1.165) is 22.4 Å². The number of likely N-dealkylation sites (tertiary alicyclic amines) is 1. The molecule has 1 fully saturated rings. The van der Waals surface area contributed by atoms with Gasteiger partial charge in [-0.3, -0.25) is 14.8 Å². The quantitative estimate of drug-likeness (QED) is 0.496. The highest BCUT2D eigenvalue weighted by molar-refractivity contribution is 5.94. The first-order valence-electron chi connectivity index (χ1n) is 10.8. The zero-order chi connectivity index (χ0) is 22.6. The van der Waals surface area contributed by atoms with E-state index in [0.29, 0.717) is 26.0 Å². The lowest BCUT2D eigenvalue weighted by atomic mass is 9.78. The summed E-state index contributed by atoms with van der Waals surface area (Å²) in [4.78, 5) is 27.3. The van der Waals surface area contributed by atoms with Gasteiger partial charge in [-0.1, -0.05) is 50.2 Å². The smallest absolute Gasteiger partial charge is 0.266 e. The fraction of sp³-hybridized carbons (Fsp3) is 0.440. The molecule has 0 bridgehead atoms. The molecule has 1 saturated heterocycles. The van der Waals surface area contributed by atoms with Gasteiger partial charge in [0.15, 0.2) is 0 Å². The van der Waals surface area contributed by atoms with Gasteiger partial charge in [0.25, 0.3) is 5.91 Å². The van der Waals surface area contributed by atoms with E-state index in [1.165, 1.54) is 0 Å². The Hall–Kier alpha value is -2.86. The molecule has 1 aliphatic heterocycles. The molecule has 0 aromatic heterocycles. The molecule has 6 nitrogen and oxygen atoms in total. The first-order chi connectivity index (χ1) is 14.8. The van der Waals surface area contributed by atoms with Crippen LogP contribution < -0.4 is 10.2 Å². The summed E-state index contributed by atoms with van der Waals surface area (Å²) < 4.78 is 5.92. The number of aryl methyl sites for hydroxylation is 1. The molecule has 2 aromatic rings. The molecule has 1 aliphatic rings. The van der Waals surface area contributed by atoms with Gasteiger partial charge in [0, 0.05) is 6.54 Å². The number of hydrogen-bond donors (Lipinski definition) is 2. The summed E-state index contributed by atoms with van der Waals surface area (Å²) in [6.45, 7) is 8.87. The number of nitrogens with zero attached hydrogens (tertiary/aromatic N) is 1. The molecule has 2 aromatic carbocycles. The second kappa shape index (κ2) is 9.52. The van der Waals surface area contributed by atoms with Crippen molar-refractivity contribution >= 4 is 11.8 Å². The van der Waals surface area contributed by atoms with Crippen LogP contribution in [0.1, 0.15) is 50.3 Å². The van der Waals surface area contributed by atoms with Crippen LogP contribution in [0.3, 0.4) is 0 Å². The van der Waals surface area contributed by atoms with E-state index in [2.05, 4.69) is 0 Å². The normalized spacial score (nSPS) is 19.5. The summed E-state index contributed by atoms with van der Waals surface area (Å²) >= 11 is 0. The van der Waals surface area contributed by atoms with Crippen molar-refractivity contribution in [2.24, 2.45) is 5.92 Å². The van der Waals surface area contributed by atoms with Crippen molar-refractivity contribution < 1.29 is 19.5 Å². The van der Waals surface area contributed by atoms with Gasteiger partial charge in [-0.15, -0.1) is 0 Å². The van der Waals surface area contributed by atoms with Crippen molar-refractivity contribution in [3.8, 4) is 5.75 Å². The van der Waals surface area contributed by atoms with E-state index in [4.69, 9.17) is 9.94 Å². The lowest BCUT2D eigenvalue weighted by Crippen LogP contribution is -2.49. The highest BCUT2D eigenvalue weighted by Gasteiger charge is 2.48. The molecule has 1 heterocycles. The maximum Gasteiger partial charge on any atom is 0.266 e. The number of nitrogens with one attached hydrogen (secondary N) is 1. The molecule has 2 amide bonds. The topological polar surface area (TPSA) is 78.9 Å². The molecule has 0 saturated carbocycles. The highest BCUT2D eigenvalue weighted by atomic mass is 16.5.